The third-order valence-electron chi connectivity index (χ3n) is 4.98. The average Bonchev–Trinajstić information content (AvgIpc) is 3.23. The molecular weight excluding hydrogens is 432 g/mol. The molecule has 0 spiro atoms. The lowest BCUT2D eigenvalue weighted by Gasteiger charge is -2.19. The smallest absolute Gasteiger partial charge is 0.264 e. The summed E-state index contributed by atoms with van der Waals surface area (Å²) in [5, 5.41) is 2.79. The van der Waals surface area contributed by atoms with Gasteiger partial charge >= 0.3 is 0 Å². The quantitative estimate of drug-likeness (QED) is 0.542. The Labute approximate surface area is 186 Å². The number of nitrogens with one attached hydrogen (secondary N) is 1. The van der Waals surface area contributed by atoms with Crippen molar-refractivity contribution in [3.8, 4) is 5.75 Å². The highest BCUT2D eigenvalue weighted by Crippen LogP contribution is 2.33. The fraction of sp³-hybridized carbons (Fsp3) is 0.174. The number of hydrogen-bond donors (Lipinski definition) is 1. The van der Waals surface area contributed by atoms with E-state index in [9.17, 15) is 13.2 Å². The molecule has 0 radical (unpaired) electrons. The monoisotopic (exact) mass is 454 g/mol. The second kappa shape index (κ2) is 9.03. The molecule has 160 valence electrons. The van der Waals surface area contributed by atoms with Gasteiger partial charge in [-0.2, -0.15) is 0 Å². The standard InChI is InChI=1S/C23H22N2O4S2/c1-30-20-7-4-6-18(15-20)24-23(26)16-29-19-9-11-21(12-10-19)31(27,28)25-14-13-17-5-2-3-8-22(17)25/h2-12,15H,13-14,16H2,1H3,(H,24,26). The molecule has 3 aromatic carbocycles. The topological polar surface area (TPSA) is 75.7 Å². The number of rotatable bonds is 7. The van der Waals surface area contributed by atoms with Crippen LogP contribution in [0.25, 0.3) is 0 Å². The van der Waals surface area contributed by atoms with Crippen molar-refractivity contribution in [2.45, 2.75) is 16.2 Å². The minimum atomic E-state index is -3.65. The minimum Gasteiger partial charge on any atom is -0.484 e. The molecular formula is C23H22N2O4S2. The number of hydrogen-bond acceptors (Lipinski definition) is 5. The van der Waals surface area contributed by atoms with Gasteiger partial charge in [0.1, 0.15) is 5.75 Å². The van der Waals surface area contributed by atoms with Crippen LogP contribution in [0.1, 0.15) is 5.56 Å². The van der Waals surface area contributed by atoms with Crippen LogP contribution in [0.5, 0.6) is 5.75 Å². The molecule has 1 N–H and O–H groups in total. The van der Waals surface area contributed by atoms with Crippen LogP contribution in [0.4, 0.5) is 11.4 Å². The third kappa shape index (κ3) is 4.70. The lowest BCUT2D eigenvalue weighted by atomic mass is 10.2. The number of ether oxygens (including phenoxy) is 1. The van der Waals surface area contributed by atoms with E-state index < -0.39 is 10.0 Å². The first-order valence-corrected chi connectivity index (χ1v) is 12.4. The van der Waals surface area contributed by atoms with Gasteiger partial charge < -0.3 is 10.1 Å². The van der Waals surface area contributed by atoms with Gasteiger partial charge in [0.2, 0.25) is 0 Å². The Morgan fingerprint density at radius 2 is 1.84 bits per heavy atom. The van der Waals surface area contributed by atoms with Crippen LogP contribution < -0.4 is 14.4 Å². The summed E-state index contributed by atoms with van der Waals surface area (Å²) in [6, 6.07) is 21.2. The molecule has 1 heterocycles. The van der Waals surface area contributed by atoms with E-state index in [-0.39, 0.29) is 17.4 Å². The maximum Gasteiger partial charge on any atom is 0.264 e. The van der Waals surface area contributed by atoms with Gasteiger partial charge in [-0.15, -0.1) is 11.8 Å². The molecule has 1 amide bonds. The summed E-state index contributed by atoms with van der Waals surface area (Å²) in [6.07, 6.45) is 2.67. The second-order valence-electron chi connectivity index (χ2n) is 7.00. The fourth-order valence-corrected chi connectivity index (χ4v) is 5.40. The van der Waals surface area contributed by atoms with Crippen molar-refractivity contribution in [2.24, 2.45) is 0 Å². The lowest BCUT2D eigenvalue weighted by molar-refractivity contribution is -0.118. The first-order valence-electron chi connectivity index (χ1n) is 9.75. The highest BCUT2D eigenvalue weighted by Gasteiger charge is 2.30. The van der Waals surface area contributed by atoms with Crippen LogP contribution >= 0.6 is 11.8 Å². The van der Waals surface area contributed by atoms with Crippen LogP contribution in [0.2, 0.25) is 0 Å². The van der Waals surface area contributed by atoms with E-state index in [1.54, 1.807) is 23.9 Å². The van der Waals surface area contributed by atoms with E-state index in [4.69, 9.17) is 4.74 Å². The number of nitrogens with zero attached hydrogens (tertiary/aromatic N) is 1. The third-order valence-corrected chi connectivity index (χ3v) is 7.53. The Balaban J connectivity index is 1.39. The molecule has 0 unspecified atom stereocenters. The van der Waals surface area contributed by atoms with Crippen molar-refractivity contribution in [1.82, 2.24) is 0 Å². The van der Waals surface area contributed by atoms with Crippen LogP contribution in [-0.4, -0.2) is 33.7 Å². The molecule has 0 fully saturated rings. The predicted molar refractivity (Wildman–Crippen MR) is 123 cm³/mol. The average molecular weight is 455 g/mol. The normalized spacial score (nSPS) is 13.0. The fourth-order valence-electron chi connectivity index (χ4n) is 3.44. The van der Waals surface area contributed by atoms with E-state index in [0.29, 0.717) is 24.4 Å². The number of sulfonamides is 1. The van der Waals surface area contributed by atoms with Crippen molar-refractivity contribution in [2.75, 3.05) is 29.0 Å². The number of benzene rings is 3. The first kappa shape index (κ1) is 21.3. The van der Waals surface area contributed by atoms with E-state index in [0.717, 1.165) is 16.1 Å². The van der Waals surface area contributed by atoms with Gasteiger partial charge in [0, 0.05) is 17.1 Å². The zero-order chi connectivity index (χ0) is 21.8. The van der Waals surface area contributed by atoms with Crippen LogP contribution in [0.15, 0.2) is 82.6 Å². The maximum atomic E-state index is 13.0. The number of carbonyl (C=O) groups is 1. The Morgan fingerprint density at radius 1 is 1.06 bits per heavy atom. The first-order chi connectivity index (χ1) is 15.0. The van der Waals surface area contributed by atoms with Gasteiger partial charge in [0.15, 0.2) is 6.61 Å². The highest BCUT2D eigenvalue weighted by atomic mass is 32.2. The van der Waals surface area contributed by atoms with Crippen molar-refractivity contribution in [3.05, 3.63) is 78.4 Å². The molecule has 3 aromatic rings. The van der Waals surface area contributed by atoms with Gasteiger partial charge in [0.05, 0.1) is 10.6 Å². The second-order valence-corrected chi connectivity index (χ2v) is 9.74. The molecule has 1 aliphatic rings. The molecule has 1 aliphatic heterocycles. The van der Waals surface area contributed by atoms with E-state index >= 15 is 0 Å². The maximum absolute atomic E-state index is 13.0. The number of para-hydroxylation sites is 1. The van der Waals surface area contributed by atoms with E-state index in [2.05, 4.69) is 5.32 Å². The van der Waals surface area contributed by atoms with Crippen molar-refractivity contribution in [3.63, 3.8) is 0 Å². The Hall–Kier alpha value is -2.97. The Bertz CT molecular complexity index is 1190. The van der Waals surface area contributed by atoms with Crippen molar-refractivity contribution < 1.29 is 17.9 Å². The number of fused-ring (bicyclic) bond motifs is 1. The summed E-state index contributed by atoms with van der Waals surface area (Å²) >= 11 is 1.59. The van der Waals surface area contributed by atoms with Gasteiger partial charge in [-0.3, -0.25) is 9.10 Å². The Morgan fingerprint density at radius 3 is 2.61 bits per heavy atom. The minimum absolute atomic E-state index is 0.172. The van der Waals surface area contributed by atoms with E-state index in [1.807, 2.05) is 54.8 Å². The number of carbonyl (C=O) groups excluding carboxylic acids is 1. The van der Waals surface area contributed by atoms with Crippen LogP contribution in [-0.2, 0) is 21.2 Å². The molecule has 31 heavy (non-hydrogen) atoms. The summed E-state index contributed by atoms with van der Waals surface area (Å²) in [5.41, 5.74) is 2.46. The number of anilines is 2. The molecule has 0 saturated heterocycles. The number of thioether (sulfide) groups is 1. The predicted octanol–water partition coefficient (Wildman–Crippen LogP) is 4.18. The van der Waals surface area contributed by atoms with Crippen molar-refractivity contribution >= 4 is 39.1 Å². The molecule has 4 rings (SSSR count). The van der Waals surface area contributed by atoms with Gasteiger partial charge in [-0.25, -0.2) is 8.42 Å². The molecule has 8 heteroatoms. The largest absolute Gasteiger partial charge is 0.484 e. The zero-order valence-electron chi connectivity index (χ0n) is 16.9. The summed E-state index contributed by atoms with van der Waals surface area (Å²) < 4.78 is 33.1. The molecule has 0 aromatic heterocycles. The zero-order valence-corrected chi connectivity index (χ0v) is 18.6. The Kier molecular flexibility index (Phi) is 6.20. The molecule has 0 bridgehead atoms. The molecule has 0 aliphatic carbocycles. The molecule has 6 nitrogen and oxygen atoms in total. The SMILES string of the molecule is CSc1cccc(NC(=O)COc2ccc(S(=O)(=O)N3CCc4ccccc43)cc2)c1. The van der Waals surface area contributed by atoms with Gasteiger partial charge in [-0.1, -0.05) is 24.3 Å². The number of amides is 1. The lowest BCUT2D eigenvalue weighted by Crippen LogP contribution is -2.29. The van der Waals surface area contributed by atoms with Gasteiger partial charge in [-0.05, 0) is 66.8 Å². The van der Waals surface area contributed by atoms with Crippen LogP contribution in [0, 0.1) is 0 Å². The van der Waals surface area contributed by atoms with E-state index in [1.165, 1.54) is 16.4 Å². The summed E-state index contributed by atoms with van der Waals surface area (Å²) in [5.74, 6) is 0.136. The summed E-state index contributed by atoms with van der Waals surface area (Å²) in [7, 11) is -3.65. The van der Waals surface area contributed by atoms with Gasteiger partial charge in [0.25, 0.3) is 15.9 Å². The molecule has 0 saturated carbocycles. The summed E-state index contributed by atoms with van der Waals surface area (Å²) in [6.45, 7) is 0.257. The highest BCUT2D eigenvalue weighted by molar-refractivity contribution is 7.98. The summed E-state index contributed by atoms with van der Waals surface area (Å²) in [4.78, 5) is 13.4. The molecule has 0 atom stereocenters. The van der Waals surface area contributed by atoms with Crippen LogP contribution in [0.3, 0.4) is 0 Å². The van der Waals surface area contributed by atoms with Crippen molar-refractivity contribution in [1.29, 1.82) is 0 Å².